The van der Waals surface area contributed by atoms with Gasteiger partial charge >= 0.3 is 0 Å². The van der Waals surface area contributed by atoms with Crippen LogP contribution in [0.4, 0.5) is 0 Å². The number of fused-ring (bicyclic) bond motifs is 7. The van der Waals surface area contributed by atoms with Crippen LogP contribution in [0.15, 0.2) is 0 Å². The summed E-state index contributed by atoms with van der Waals surface area (Å²) in [7, 11) is 0. The van der Waals surface area contributed by atoms with Crippen LogP contribution in [0.5, 0.6) is 0 Å². The lowest BCUT2D eigenvalue weighted by Gasteiger charge is -2.73. The molecule has 12 atom stereocenters. The van der Waals surface area contributed by atoms with E-state index >= 15 is 0 Å². The van der Waals surface area contributed by atoms with E-state index in [-0.39, 0.29) is 16.7 Å². The SMILES string of the molecule is C[C@H]1CC[C@]2([NH2+]C1)O[C@]1(C)C[C@]3(C)C4CC[C@]5(C)CC([NH2+]CC[NH3+])CC[C@]5(C)[C@]4(C)CC[C@]3(C)[C@]1(C)[C@@H]2C. The molecular weight excluding hydrogens is 466 g/mol. The second kappa shape index (κ2) is 8.23. The van der Waals surface area contributed by atoms with Crippen LogP contribution in [0.3, 0.4) is 0 Å². The molecule has 4 aliphatic carbocycles. The first-order chi connectivity index (χ1) is 17.6. The Labute approximate surface area is 234 Å². The zero-order valence-corrected chi connectivity index (χ0v) is 26.8. The average Bonchev–Trinajstić information content (AvgIpc) is 3.11. The van der Waals surface area contributed by atoms with E-state index in [1.165, 1.54) is 77.3 Å². The van der Waals surface area contributed by atoms with Gasteiger partial charge in [-0.05, 0) is 91.3 Å². The van der Waals surface area contributed by atoms with Gasteiger partial charge in [0.15, 0.2) is 0 Å². The first-order valence-corrected chi connectivity index (χ1v) is 16.8. The smallest absolute Gasteiger partial charge is 0.203 e. The van der Waals surface area contributed by atoms with Crippen molar-refractivity contribution in [2.24, 2.45) is 50.2 Å². The molecule has 6 aliphatic rings. The van der Waals surface area contributed by atoms with Crippen molar-refractivity contribution in [3.05, 3.63) is 0 Å². The first kappa shape index (κ1) is 28.0. The van der Waals surface area contributed by atoms with Gasteiger partial charge in [-0.3, -0.25) is 0 Å². The van der Waals surface area contributed by atoms with Gasteiger partial charge in [0.2, 0.25) is 5.72 Å². The second-order valence-electron chi connectivity index (χ2n) is 17.5. The molecule has 0 amide bonds. The Kier molecular flexibility index (Phi) is 6.06. The van der Waals surface area contributed by atoms with Gasteiger partial charge in [0.25, 0.3) is 0 Å². The molecule has 38 heavy (non-hydrogen) atoms. The molecule has 4 heteroatoms. The van der Waals surface area contributed by atoms with E-state index in [0.717, 1.165) is 24.4 Å². The molecule has 2 unspecified atom stereocenters. The lowest BCUT2D eigenvalue weighted by Crippen LogP contribution is -3.01. The van der Waals surface area contributed by atoms with Crippen LogP contribution < -0.4 is 16.4 Å². The Bertz CT molecular complexity index is 961. The highest BCUT2D eigenvalue weighted by Gasteiger charge is 2.84. The Morgan fingerprint density at radius 1 is 0.842 bits per heavy atom. The summed E-state index contributed by atoms with van der Waals surface area (Å²) >= 11 is 0. The highest BCUT2D eigenvalue weighted by atomic mass is 16.5. The Hall–Kier alpha value is -0.160. The average molecular weight is 531 g/mol. The molecule has 0 aromatic heterocycles. The van der Waals surface area contributed by atoms with Crippen molar-refractivity contribution in [1.82, 2.24) is 0 Å². The van der Waals surface area contributed by atoms with Gasteiger partial charge in [0, 0.05) is 30.1 Å². The minimum Gasteiger partial charge on any atom is -0.353 e. The molecule has 0 aromatic rings. The first-order valence-electron chi connectivity index (χ1n) is 16.8. The van der Waals surface area contributed by atoms with Crippen LogP contribution in [-0.2, 0) is 4.74 Å². The molecule has 7 N–H and O–H groups in total. The maximum absolute atomic E-state index is 7.54. The Morgan fingerprint density at radius 2 is 1.58 bits per heavy atom. The number of piperidine rings is 1. The second-order valence-corrected chi connectivity index (χ2v) is 17.5. The molecule has 0 radical (unpaired) electrons. The molecule has 1 spiro atoms. The summed E-state index contributed by atoms with van der Waals surface area (Å²) in [5.41, 5.74) is 6.29. The fraction of sp³-hybridized carbons (Fsp3) is 1.00. The molecule has 218 valence electrons. The van der Waals surface area contributed by atoms with Gasteiger partial charge < -0.3 is 21.1 Å². The van der Waals surface area contributed by atoms with Crippen molar-refractivity contribution in [1.29, 1.82) is 0 Å². The quantitative estimate of drug-likeness (QED) is 0.505. The predicted molar refractivity (Wildman–Crippen MR) is 154 cm³/mol. The third-order valence-corrected chi connectivity index (χ3v) is 16.8. The molecule has 0 bridgehead atoms. The molecule has 0 aromatic carbocycles. The third-order valence-electron chi connectivity index (χ3n) is 16.8. The number of hydrogen-bond donors (Lipinski definition) is 3. The largest absolute Gasteiger partial charge is 0.353 e. The highest BCUT2D eigenvalue weighted by molar-refractivity contribution is 5.30. The van der Waals surface area contributed by atoms with E-state index < -0.39 is 0 Å². The van der Waals surface area contributed by atoms with Gasteiger partial charge in [0.1, 0.15) is 13.1 Å². The van der Waals surface area contributed by atoms with Crippen molar-refractivity contribution in [3.8, 4) is 0 Å². The van der Waals surface area contributed by atoms with Gasteiger partial charge in [-0.25, -0.2) is 0 Å². The van der Waals surface area contributed by atoms with E-state index in [1.807, 2.05) is 0 Å². The monoisotopic (exact) mass is 531 g/mol. The van der Waals surface area contributed by atoms with Crippen molar-refractivity contribution >= 4 is 0 Å². The summed E-state index contributed by atoms with van der Waals surface area (Å²) in [6, 6.07) is 0.808. The summed E-state index contributed by atoms with van der Waals surface area (Å²) in [5.74, 6) is 2.21. The van der Waals surface area contributed by atoms with Crippen LogP contribution in [0.25, 0.3) is 0 Å². The summed E-state index contributed by atoms with van der Waals surface area (Å²) < 4.78 is 7.54. The van der Waals surface area contributed by atoms with E-state index in [0.29, 0.717) is 33.0 Å². The lowest BCUT2D eigenvalue weighted by molar-refractivity contribution is -0.788. The van der Waals surface area contributed by atoms with Gasteiger partial charge in [-0.2, -0.15) is 0 Å². The van der Waals surface area contributed by atoms with Crippen LogP contribution in [-0.4, -0.2) is 37.0 Å². The topological polar surface area (TPSA) is 70.1 Å². The van der Waals surface area contributed by atoms with Crippen LogP contribution >= 0.6 is 0 Å². The fourth-order valence-corrected chi connectivity index (χ4v) is 13.7. The molecule has 2 saturated heterocycles. The number of hydrogen-bond acceptors (Lipinski definition) is 1. The summed E-state index contributed by atoms with van der Waals surface area (Å²) in [6.07, 6.45) is 13.7. The Balaban J connectivity index is 1.36. The molecule has 6 rings (SSSR count). The van der Waals surface area contributed by atoms with Crippen LogP contribution in [0.1, 0.15) is 127 Å². The van der Waals surface area contributed by atoms with Crippen molar-refractivity contribution in [2.75, 3.05) is 19.6 Å². The van der Waals surface area contributed by atoms with Crippen molar-refractivity contribution < 1.29 is 21.1 Å². The summed E-state index contributed by atoms with van der Waals surface area (Å²) in [5, 5.41) is 5.29. The highest BCUT2D eigenvalue weighted by Crippen LogP contribution is 2.85. The molecule has 2 aliphatic heterocycles. The predicted octanol–water partition coefficient (Wildman–Crippen LogP) is 4.10. The number of quaternary nitrogens is 3. The number of ether oxygens (including phenoxy) is 1. The Morgan fingerprint density at radius 3 is 2.24 bits per heavy atom. The molecular formula is C34H64N3O+3. The summed E-state index contributed by atoms with van der Waals surface area (Å²) in [6.45, 7) is 27.5. The standard InChI is InChI=1S/C34H61N3O/c1-23-10-15-34(37-21-23)24(2)33(9)31(7)17-16-28(4)26(29(31,5)22-32(33,8)38-34)12-13-27(3)20-25(36-19-18-35)11-14-30(27,28)6/h23-26,36-37H,10-22,35H2,1-9H3/p+3/t23-,24-,25?,26?,27+,28+,29+,30-,31-,32+,33-,34-/m0/s1. The summed E-state index contributed by atoms with van der Waals surface area (Å²) in [4.78, 5) is 0. The van der Waals surface area contributed by atoms with Crippen LogP contribution in [0, 0.1) is 50.2 Å². The van der Waals surface area contributed by atoms with Crippen molar-refractivity contribution in [3.63, 3.8) is 0 Å². The zero-order chi connectivity index (χ0) is 27.6. The van der Waals surface area contributed by atoms with Gasteiger partial charge in [-0.15, -0.1) is 0 Å². The molecule has 2 heterocycles. The van der Waals surface area contributed by atoms with E-state index in [2.05, 4.69) is 78.7 Å². The normalized spacial score (nSPS) is 61.7. The molecule has 4 saturated carbocycles. The number of rotatable bonds is 3. The third kappa shape index (κ3) is 2.98. The zero-order valence-electron chi connectivity index (χ0n) is 26.8. The maximum atomic E-state index is 7.54. The minimum absolute atomic E-state index is 0.00110. The van der Waals surface area contributed by atoms with E-state index in [9.17, 15) is 0 Å². The van der Waals surface area contributed by atoms with Crippen molar-refractivity contribution in [2.45, 2.75) is 144 Å². The van der Waals surface area contributed by atoms with E-state index in [4.69, 9.17) is 4.74 Å². The number of nitrogens with two attached hydrogens (primary N) is 2. The molecule has 6 fully saturated rings. The minimum atomic E-state index is -0.0271. The van der Waals surface area contributed by atoms with Gasteiger partial charge in [0.05, 0.1) is 18.2 Å². The van der Waals surface area contributed by atoms with Crippen LogP contribution in [0.2, 0.25) is 0 Å². The van der Waals surface area contributed by atoms with Gasteiger partial charge in [-0.1, -0.05) is 55.4 Å². The molecule has 4 nitrogen and oxygen atoms in total. The maximum Gasteiger partial charge on any atom is 0.203 e. The van der Waals surface area contributed by atoms with E-state index in [1.54, 1.807) is 0 Å². The lowest BCUT2D eigenvalue weighted by atomic mass is 9.31. The fourth-order valence-electron chi connectivity index (χ4n) is 13.7.